The lowest BCUT2D eigenvalue weighted by Crippen LogP contribution is -2.07. The number of hydrogen-bond acceptors (Lipinski definition) is 5. The largest absolute Gasteiger partial charge is 0.506 e. The Morgan fingerprint density at radius 2 is 2.00 bits per heavy atom. The molecule has 0 saturated carbocycles. The summed E-state index contributed by atoms with van der Waals surface area (Å²) >= 11 is 0. The van der Waals surface area contributed by atoms with Crippen LogP contribution < -0.4 is 11.5 Å². The van der Waals surface area contributed by atoms with Gasteiger partial charge in [-0.25, -0.2) is 4.98 Å². The predicted molar refractivity (Wildman–Crippen MR) is 85.7 cm³/mol. The molecule has 0 aliphatic carbocycles. The van der Waals surface area contributed by atoms with E-state index in [-0.39, 0.29) is 17.3 Å². The topological polar surface area (TPSA) is 114 Å². The van der Waals surface area contributed by atoms with E-state index in [0.29, 0.717) is 22.3 Å². The van der Waals surface area contributed by atoms with Crippen molar-refractivity contribution in [1.82, 2.24) is 9.55 Å². The van der Waals surface area contributed by atoms with Crippen LogP contribution in [-0.4, -0.2) is 14.7 Å². The van der Waals surface area contributed by atoms with E-state index in [4.69, 9.17) is 11.5 Å². The normalized spacial score (nSPS) is 10.8. The fourth-order valence-corrected chi connectivity index (χ4v) is 2.64. The number of nitriles is 1. The van der Waals surface area contributed by atoms with Gasteiger partial charge in [0.25, 0.3) is 0 Å². The van der Waals surface area contributed by atoms with Crippen LogP contribution in [-0.2, 0) is 0 Å². The number of nitrogens with zero attached hydrogens (tertiary/aromatic N) is 3. The maximum atomic E-state index is 9.89. The van der Waals surface area contributed by atoms with E-state index in [2.05, 4.69) is 11.1 Å². The smallest absolute Gasteiger partial charge is 0.147 e. The van der Waals surface area contributed by atoms with Gasteiger partial charge in [-0.05, 0) is 37.1 Å². The zero-order chi connectivity index (χ0) is 16.0. The SMILES string of the molecule is Cc1cnc2c(c1)c(C#N)c(N)n2-c1c(C)ccc(O)c1N. The van der Waals surface area contributed by atoms with Crippen molar-refractivity contribution < 1.29 is 5.11 Å². The van der Waals surface area contributed by atoms with E-state index in [1.165, 1.54) is 6.07 Å². The van der Waals surface area contributed by atoms with Crippen molar-refractivity contribution in [3.63, 3.8) is 0 Å². The number of phenolic OH excluding ortho intramolecular Hbond substituents is 1. The highest BCUT2D eigenvalue weighted by molar-refractivity contribution is 5.93. The Hall–Kier alpha value is -3.20. The van der Waals surface area contributed by atoms with Crippen LogP contribution in [0, 0.1) is 25.2 Å². The number of nitrogens with two attached hydrogens (primary N) is 2. The number of fused-ring (bicyclic) bond motifs is 1. The fraction of sp³-hybridized carbons (Fsp3) is 0.125. The van der Waals surface area contributed by atoms with Crippen LogP contribution in [0.25, 0.3) is 16.7 Å². The van der Waals surface area contributed by atoms with Gasteiger partial charge in [0.2, 0.25) is 0 Å². The van der Waals surface area contributed by atoms with Crippen LogP contribution in [0.4, 0.5) is 11.5 Å². The molecule has 0 aliphatic rings. The molecule has 0 fully saturated rings. The first-order valence-electron chi connectivity index (χ1n) is 6.70. The van der Waals surface area contributed by atoms with E-state index >= 15 is 0 Å². The van der Waals surface area contributed by atoms with Gasteiger partial charge in [-0.2, -0.15) is 5.26 Å². The summed E-state index contributed by atoms with van der Waals surface area (Å²) in [5, 5.41) is 20.0. The molecular formula is C16H15N5O. The minimum atomic E-state index is -0.0348. The van der Waals surface area contributed by atoms with Crippen molar-refractivity contribution in [3.05, 3.63) is 41.1 Å². The number of phenols is 1. The molecule has 0 unspecified atom stereocenters. The molecule has 5 N–H and O–H groups in total. The second kappa shape index (κ2) is 4.67. The number of rotatable bonds is 1. The van der Waals surface area contributed by atoms with Crippen LogP contribution in [0.3, 0.4) is 0 Å². The van der Waals surface area contributed by atoms with Crippen molar-refractivity contribution in [1.29, 1.82) is 5.26 Å². The minimum Gasteiger partial charge on any atom is -0.506 e. The third-order valence-corrected chi connectivity index (χ3v) is 3.71. The average molecular weight is 293 g/mol. The Morgan fingerprint density at radius 1 is 1.27 bits per heavy atom. The van der Waals surface area contributed by atoms with Crippen LogP contribution >= 0.6 is 0 Å². The molecule has 2 aromatic heterocycles. The highest BCUT2D eigenvalue weighted by Crippen LogP contribution is 2.37. The highest BCUT2D eigenvalue weighted by Gasteiger charge is 2.21. The summed E-state index contributed by atoms with van der Waals surface area (Å²) in [6.45, 7) is 3.76. The van der Waals surface area contributed by atoms with Crippen LogP contribution in [0.1, 0.15) is 16.7 Å². The molecule has 0 saturated heterocycles. The zero-order valence-corrected chi connectivity index (χ0v) is 12.3. The highest BCUT2D eigenvalue weighted by atomic mass is 16.3. The lowest BCUT2D eigenvalue weighted by molar-refractivity contribution is 0.477. The lowest BCUT2D eigenvalue weighted by atomic mass is 10.1. The molecule has 0 atom stereocenters. The van der Waals surface area contributed by atoms with Crippen molar-refractivity contribution in [2.24, 2.45) is 0 Å². The molecule has 0 radical (unpaired) electrons. The van der Waals surface area contributed by atoms with Crippen LogP contribution in [0.15, 0.2) is 24.4 Å². The second-order valence-electron chi connectivity index (χ2n) is 5.26. The Balaban J connectivity index is 2.51. The quantitative estimate of drug-likeness (QED) is 0.471. The first kappa shape index (κ1) is 13.8. The van der Waals surface area contributed by atoms with Crippen LogP contribution in [0.5, 0.6) is 5.75 Å². The summed E-state index contributed by atoms with van der Waals surface area (Å²) in [4.78, 5) is 4.39. The van der Waals surface area contributed by atoms with Crippen molar-refractivity contribution >= 4 is 22.5 Å². The summed E-state index contributed by atoms with van der Waals surface area (Å²) in [6, 6.07) is 7.25. The Labute approximate surface area is 127 Å². The molecule has 1 aromatic carbocycles. The van der Waals surface area contributed by atoms with E-state index in [0.717, 1.165) is 11.1 Å². The summed E-state index contributed by atoms with van der Waals surface area (Å²) in [6.07, 6.45) is 1.70. The zero-order valence-electron chi connectivity index (χ0n) is 12.3. The number of aromatic nitrogens is 2. The molecule has 0 bridgehead atoms. The van der Waals surface area contributed by atoms with Gasteiger partial charge in [0.1, 0.15) is 28.8 Å². The summed E-state index contributed by atoms with van der Waals surface area (Å²) in [7, 11) is 0. The third kappa shape index (κ3) is 1.76. The third-order valence-electron chi connectivity index (χ3n) is 3.71. The van der Waals surface area contributed by atoms with Gasteiger partial charge in [-0.15, -0.1) is 0 Å². The Morgan fingerprint density at radius 3 is 2.68 bits per heavy atom. The molecule has 2 heterocycles. The number of pyridine rings is 1. The molecule has 6 nitrogen and oxygen atoms in total. The predicted octanol–water partition coefficient (Wildman–Crippen LogP) is 2.38. The molecule has 0 spiro atoms. The average Bonchev–Trinajstić information content (AvgIpc) is 2.75. The maximum Gasteiger partial charge on any atom is 0.147 e. The summed E-state index contributed by atoms with van der Waals surface area (Å²) in [5.41, 5.74) is 15.6. The fourth-order valence-electron chi connectivity index (χ4n) is 2.64. The number of benzene rings is 1. The number of nitrogen functional groups attached to an aromatic ring is 2. The summed E-state index contributed by atoms with van der Waals surface area (Å²) in [5.74, 6) is 0.225. The number of anilines is 2. The minimum absolute atomic E-state index is 0.0348. The van der Waals surface area contributed by atoms with Gasteiger partial charge < -0.3 is 16.6 Å². The van der Waals surface area contributed by atoms with Gasteiger partial charge in [0.15, 0.2) is 0 Å². The van der Waals surface area contributed by atoms with Crippen molar-refractivity contribution in [2.75, 3.05) is 11.5 Å². The molecular weight excluding hydrogens is 278 g/mol. The van der Waals surface area contributed by atoms with E-state index < -0.39 is 0 Å². The summed E-state index contributed by atoms with van der Waals surface area (Å²) < 4.78 is 1.62. The number of hydrogen-bond donors (Lipinski definition) is 3. The van der Waals surface area contributed by atoms with Crippen molar-refractivity contribution in [3.8, 4) is 17.5 Å². The molecule has 110 valence electrons. The molecule has 6 heteroatoms. The monoisotopic (exact) mass is 293 g/mol. The number of aryl methyl sites for hydroxylation is 2. The maximum absolute atomic E-state index is 9.89. The first-order chi connectivity index (χ1) is 10.5. The Kier molecular flexibility index (Phi) is 2.92. The van der Waals surface area contributed by atoms with Gasteiger partial charge in [0, 0.05) is 11.6 Å². The molecule has 3 rings (SSSR count). The number of aromatic hydroxyl groups is 1. The molecule has 3 aromatic rings. The van der Waals surface area contributed by atoms with Crippen LogP contribution in [0.2, 0.25) is 0 Å². The lowest BCUT2D eigenvalue weighted by Gasteiger charge is -2.14. The standard InChI is InChI=1S/C16H15N5O/c1-8-5-10-11(6-17)15(19)21(16(10)20-7-8)14-9(2)3-4-12(22)13(14)18/h3-5,7,22H,18-19H2,1-2H3. The van der Waals surface area contributed by atoms with E-state index in [9.17, 15) is 10.4 Å². The van der Waals surface area contributed by atoms with Gasteiger partial charge in [-0.1, -0.05) is 6.07 Å². The molecule has 0 amide bonds. The van der Waals surface area contributed by atoms with Crippen molar-refractivity contribution in [2.45, 2.75) is 13.8 Å². The Bertz CT molecular complexity index is 950. The molecule has 0 aliphatic heterocycles. The van der Waals surface area contributed by atoms with Gasteiger partial charge in [-0.3, -0.25) is 4.57 Å². The van der Waals surface area contributed by atoms with Gasteiger partial charge >= 0.3 is 0 Å². The van der Waals surface area contributed by atoms with E-state index in [1.807, 2.05) is 19.9 Å². The second-order valence-corrected chi connectivity index (χ2v) is 5.26. The molecule has 22 heavy (non-hydrogen) atoms. The van der Waals surface area contributed by atoms with E-state index in [1.54, 1.807) is 16.8 Å². The van der Waals surface area contributed by atoms with Gasteiger partial charge in [0.05, 0.1) is 11.4 Å². The first-order valence-corrected chi connectivity index (χ1v) is 6.70.